The summed E-state index contributed by atoms with van der Waals surface area (Å²) in [5.41, 5.74) is 2.46. The van der Waals surface area contributed by atoms with Gasteiger partial charge in [0.25, 0.3) is 5.91 Å². The number of aliphatic hydroxyl groups excluding tert-OH is 1. The summed E-state index contributed by atoms with van der Waals surface area (Å²) in [5, 5.41) is 10.3. The number of nitrogens with zero attached hydrogens (tertiary/aromatic N) is 1. The van der Waals surface area contributed by atoms with Crippen LogP contribution in [0.2, 0.25) is 0 Å². The average Bonchev–Trinajstić information content (AvgIpc) is 3.14. The molecule has 0 spiro atoms. The van der Waals surface area contributed by atoms with Crippen molar-refractivity contribution in [2.75, 3.05) is 6.54 Å². The van der Waals surface area contributed by atoms with Crippen molar-refractivity contribution in [2.45, 2.75) is 32.7 Å². The van der Waals surface area contributed by atoms with Gasteiger partial charge in [0, 0.05) is 11.6 Å². The summed E-state index contributed by atoms with van der Waals surface area (Å²) in [5.74, 6) is -0.789. The smallest absolute Gasteiger partial charge is 0.262 e. The topological polar surface area (TPSA) is 57.6 Å². The molecule has 0 unspecified atom stereocenters. The van der Waals surface area contributed by atoms with Gasteiger partial charge >= 0.3 is 0 Å². The Kier molecular flexibility index (Phi) is 2.89. The van der Waals surface area contributed by atoms with E-state index in [0.717, 1.165) is 24.0 Å². The van der Waals surface area contributed by atoms with Crippen LogP contribution in [0.15, 0.2) is 23.8 Å². The molecule has 1 aliphatic carbocycles. The molecule has 20 heavy (non-hydrogen) atoms. The Bertz CT molecular complexity index is 621. The Morgan fingerprint density at radius 3 is 2.30 bits per heavy atom. The van der Waals surface area contributed by atoms with Crippen LogP contribution in [0.3, 0.4) is 0 Å². The van der Waals surface area contributed by atoms with Gasteiger partial charge in [-0.1, -0.05) is 17.2 Å². The Morgan fingerprint density at radius 1 is 1.15 bits per heavy atom. The third-order valence-corrected chi connectivity index (χ3v) is 3.79. The molecule has 2 aliphatic rings. The predicted molar refractivity (Wildman–Crippen MR) is 75.2 cm³/mol. The maximum Gasteiger partial charge on any atom is 0.262 e. The van der Waals surface area contributed by atoms with Gasteiger partial charge in [0.1, 0.15) is 11.3 Å². The van der Waals surface area contributed by atoms with Gasteiger partial charge in [-0.2, -0.15) is 0 Å². The highest BCUT2D eigenvalue weighted by molar-refractivity contribution is 6.28. The molecule has 2 fully saturated rings. The van der Waals surface area contributed by atoms with Crippen LogP contribution in [-0.4, -0.2) is 34.3 Å². The molecule has 1 aromatic carbocycles. The summed E-state index contributed by atoms with van der Waals surface area (Å²) in [4.78, 5) is 25.9. The van der Waals surface area contributed by atoms with Crippen molar-refractivity contribution in [3.63, 3.8) is 0 Å². The number of amides is 1. The van der Waals surface area contributed by atoms with Crippen LogP contribution in [-0.2, 0) is 9.59 Å². The lowest BCUT2D eigenvalue weighted by atomic mass is 10.0. The standard InChI is InChI=1S/C16H17NO3/c1-9-5-10(2)7-11(6-9)15(19)14-13(18)8-17(16(14)20)12-3-4-12/h5-7,12,19H,3-4,8H2,1-2H3/b15-14+. The molecular formula is C16H17NO3. The van der Waals surface area contributed by atoms with Gasteiger partial charge in [-0.25, -0.2) is 0 Å². The lowest BCUT2D eigenvalue weighted by molar-refractivity contribution is -0.125. The van der Waals surface area contributed by atoms with Crippen LogP contribution in [0.1, 0.15) is 29.5 Å². The van der Waals surface area contributed by atoms with Gasteiger partial charge in [-0.3, -0.25) is 9.59 Å². The summed E-state index contributed by atoms with van der Waals surface area (Å²) in [6.45, 7) is 3.94. The zero-order chi connectivity index (χ0) is 14.4. The number of hydrogen-bond acceptors (Lipinski definition) is 3. The molecule has 3 rings (SSSR count). The quantitative estimate of drug-likeness (QED) is 0.509. The van der Waals surface area contributed by atoms with Crippen molar-refractivity contribution < 1.29 is 14.7 Å². The zero-order valence-electron chi connectivity index (χ0n) is 11.6. The number of carbonyl (C=O) groups excluding carboxylic acids is 2. The van der Waals surface area contributed by atoms with E-state index in [4.69, 9.17) is 0 Å². The molecular weight excluding hydrogens is 254 g/mol. The van der Waals surface area contributed by atoms with E-state index < -0.39 is 0 Å². The SMILES string of the molecule is Cc1cc(C)cc(/C(O)=C2/C(=O)CN(C3CC3)C2=O)c1. The monoisotopic (exact) mass is 271 g/mol. The fraction of sp³-hybridized carbons (Fsp3) is 0.375. The average molecular weight is 271 g/mol. The molecule has 4 heteroatoms. The molecule has 1 N–H and O–H groups in total. The van der Waals surface area contributed by atoms with Crippen molar-refractivity contribution in [3.05, 3.63) is 40.5 Å². The lowest BCUT2D eigenvalue weighted by Gasteiger charge is -2.12. The Balaban J connectivity index is 2.03. The second-order valence-electron chi connectivity index (χ2n) is 5.69. The normalized spacial score (nSPS) is 21.6. The molecule has 1 saturated heterocycles. The van der Waals surface area contributed by atoms with Crippen molar-refractivity contribution in [1.29, 1.82) is 0 Å². The largest absolute Gasteiger partial charge is 0.506 e. The van der Waals surface area contributed by atoms with E-state index in [1.54, 1.807) is 17.0 Å². The molecule has 0 radical (unpaired) electrons. The highest BCUT2D eigenvalue weighted by Crippen LogP contribution is 2.33. The van der Waals surface area contributed by atoms with Crippen molar-refractivity contribution in [2.24, 2.45) is 0 Å². The number of Topliss-reactive ketones (excluding diaryl/α,β-unsaturated/α-hetero) is 1. The number of benzene rings is 1. The van der Waals surface area contributed by atoms with E-state index >= 15 is 0 Å². The van der Waals surface area contributed by atoms with E-state index in [0.29, 0.717) is 5.56 Å². The summed E-state index contributed by atoms with van der Waals surface area (Å²) in [6, 6.07) is 5.75. The first-order chi connectivity index (χ1) is 9.47. The van der Waals surface area contributed by atoms with Gasteiger partial charge in [0.05, 0.1) is 6.54 Å². The zero-order valence-corrected chi connectivity index (χ0v) is 11.6. The second kappa shape index (κ2) is 4.47. The van der Waals surface area contributed by atoms with Crippen LogP contribution < -0.4 is 0 Å². The molecule has 104 valence electrons. The second-order valence-corrected chi connectivity index (χ2v) is 5.69. The van der Waals surface area contributed by atoms with Crippen molar-refractivity contribution in [3.8, 4) is 0 Å². The van der Waals surface area contributed by atoms with E-state index in [-0.39, 0.29) is 35.6 Å². The van der Waals surface area contributed by atoms with E-state index in [2.05, 4.69) is 0 Å². The number of rotatable bonds is 2. The fourth-order valence-corrected chi connectivity index (χ4v) is 2.74. The van der Waals surface area contributed by atoms with Gasteiger partial charge in [0.15, 0.2) is 5.78 Å². The molecule has 1 aliphatic heterocycles. The van der Waals surface area contributed by atoms with Gasteiger partial charge in [-0.05, 0) is 38.8 Å². The van der Waals surface area contributed by atoms with Crippen LogP contribution in [0.5, 0.6) is 0 Å². The number of carbonyl (C=O) groups is 2. The van der Waals surface area contributed by atoms with Crippen molar-refractivity contribution in [1.82, 2.24) is 4.90 Å². The molecule has 1 heterocycles. The number of aliphatic hydroxyl groups is 1. The number of aryl methyl sites for hydroxylation is 2. The summed E-state index contributed by atoms with van der Waals surface area (Å²) >= 11 is 0. The Morgan fingerprint density at radius 2 is 1.75 bits per heavy atom. The number of ketones is 1. The third kappa shape index (κ3) is 2.11. The molecule has 1 aromatic rings. The molecule has 0 atom stereocenters. The van der Waals surface area contributed by atoms with Crippen LogP contribution in [0.4, 0.5) is 0 Å². The maximum absolute atomic E-state index is 12.3. The number of hydrogen-bond donors (Lipinski definition) is 1. The minimum absolute atomic E-state index is 0.0538. The van der Waals surface area contributed by atoms with Gasteiger partial charge < -0.3 is 10.0 Å². The van der Waals surface area contributed by atoms with Gasteiger partial charge in [0.2, 0.25) is 0 Å². The van der Waals surface area contributed by atoms with E-state index in [1.165, 1.54) is 0 Å². The summed E-state index contributed by atoms with van der Waals surface area (Å²) < 4.78 is 0. The minimum Gasteiger partial charge on any atom is -0.506 e. The highest BCUT2D eigenvalue weighted by atomic mass is 16.3. The Hall–Kier alpha value is -2.10. The Labute approximate surface area is 117 Å². The first-order valence-electron chi connectivity index (χ1n) is 6.83. The number of likely N-dealkylation sites (tertiary alicyclic amines) is 1. The first kappa shape index (κ1) is 12.9. The van der Waals surface area contributed by atoms with Crippen LogP contribution in [0.25, 0.3) is 5.76 Å². The molecule has 1 saturated carbocycles. The minimum atomic E-state index is -0.325. The van der Waals surface area contributed by atoms with E-state index in [9.17, 15) is 14.7 Å². The lowest BCUT2D eigenvalue weighted by Crippen LogP contribution is -2.27. The predicted octanol–water partition coefficient (Wildman–Crippen LogP) is 2.15. The maximum atomic E-state index is 12.3. The van der Waals surface area contributed by atoms with Gasteiger partial charge in [-0.15, -0.1) is 0 Å². The van der Waals surface area contributed by atoms with Crippen molar-refractivity contribution >= 4 is 17.4 Å². The third-order valence-electron chi connectivity index (χ3n) is 3.79. The van der Waals surface area contributed by atoms with Crippen LogP contribution >= 0.6 is 0 Å². The molecule has 4 nitrogen and oxygen atoms in total. The summed E-state index contributed by atoms with van der Waals surface area (Å²) in [7, 11) is 0. The van der Waals surface area contributed by atoms with E-state index in [1.807, 2.05) is 19.9 Å². The highest BCUT2D eigenvalue weighted by Gasteiger charge is 2.43. The summed E-state index contributed by atoms with van der Waals surface area (Å²) in [6.07, 6.45) is 1.91. The molecule has 0 bridgehead atoms. The fourth-order valence-electron chi connectivity index (χ4n) is 2.74. The first-order valence-corrected chi connectivity index (χ1v) is 6.83. The molecule has 0 aromatic heterocycles. The molecule has 1 amide bonds. The van der Waals surface area contributed by atoms with Crippen LogP contribution in [0, 0.1) is 13.8 Å².